The first kappa shape index (κ1) is 35.8. The minimum Gasteiger partial charge on any atom is -0.454 e. The van der Waals surface area contributed by atoms with E-state index in [1.807, 2.05) is 97.9 Å². The Morgan fingerprint density at radius 1 is 0.667 bits per heavy atom. The second-order valence-electron chi connectivity index (χ2n) is 12.0. The molecule has 2 saturated heterocycles. The van der Waals surface area contributed by atoms with Crippen LogP contribution in [0.4, 0.5) is 0 Å². The monoisotopic (exact) mass is 662 g/mol. The zero-order valence-electron chi connectivity index (χ0n) is 27.7. The maximum atomic E-state index is 12.5. The fraction of sp³-hybridized carbons (Fsp3) is 0.447. The van der Waals surface area contributed by atoms with Gasteiger partial charge < -0.3 is 43.0 Å². The lowest BCUT2D eigenvalue weighted by Crippen LogP contribution is -2.65. The summed E-state index contributed by atoms with van der Waals surface area (Å²) >= 11 is 0. The second kappa shape index (κ2) is 17.8. The molecule has 0 spiro atoms. The van der Waals surface area contributed by atoms with Crippen molar-refractivity contribution in [3.8, 4) is 0 Å². The van der Waals surface area contributed by atoms with Crippen LogP contribution in [0, 0.1) is 0 Å². The molecule has 10 heteroatoms. The molecule has 0 bridgehead atoms. The van der Waals surface area contributed by atoms with Crippen LogP contribution < -0.4 is 0 Å². The molecule has 3 aromatic rings. The van der Waals surface area contributed by atoms with Crippen molar-refractivity contribution in [1.29, 1.82) is 0 Å². The number of hydrogen-bond acceptors (Lipinski definition) is 10. The number of ether oxygens (including phenoxy) is 8. The molecule has 2 fully saturated rings. The molecule has 48 heavy (non-hydrogen) atoms. The van der Waals surface area contributed by atoms with E-state index in [1.54, 1.807) is 13.0 Å². The first-order valence-corrected chi connectivity index (χ1v) is 16.3. The maximum Gasteiger partial charge on any atom is 0.303 e. The Kier molecular flexibility index (Phi) is 13.3. The number of benzene rings is 3. The van der Waals surface area contributed by atoms with Gasteiger partial charge in [-0.3, -0.25) is 4.79 Å². The third kappa shape index (κ3) is 9.58. The molecular weight excluding hydrogens is 616 g/mol. The van der Waals surface area contributed by atoms with Crippen molar-refractivity contribution in [2.45, 2.75) is 102 Å². The summed E-state index contributed by atoms with van der Waals surface area (Å²) in [6, 6.07) is 29.1. The van der Waals surface area contributed by atoms with E-state index in [0.717, 1.165) is 16.7 Å². The fourth-order valence-electron chi connectivity index (χ4n) is 6.01. The van der Waals surface area contributed by atoms with E-state index < -0.39 is 67.4 Å². The van der Waals surface area contributed by atoms with Gasteiger partial charge in [0.1, 0.15) is 30.5 Å². The van der Waals surface area contributed by atoms with Crippen molar-refractivity contribution in [1.82, 2.24) is 0 Å². The summed E-state index contributed by atoms with van der Waals surface area (Å²) in [7, 11) is 0. The number of aliphatic hydroxyl groups excluding tert-OH is 1. The molecule has 0 amide bonds. The predicted molar refractivity (Wildman–Crippen MR) is 176 cm³/mol. The lowest BCUT2D eigenvalue weighted by Gasteiger charge is -2.48. The summed E-state index contributed by atoms with van der Waals surface area (Å²) in [5, 5.41) is 11.2. The van der Waals surface area contributed by atoms with E-state index >= 15 is 0 Å². The van der Waals surface area contributed by atoms with Crippen LogP contribution in [0.3, 0.4) is 0 Å². The van der Waals surface area contributed by atoms with E-state index in [4.69, 9.17) is 37.9 Å². The lowest BCUT2D eigenvalue weighted by molar-refractivity contribution is -0.363. The molecular formula is C38H46O10. The van der Waals surface area contributed by atoms with Gasteiger partial charge in [-0.25, -0.2) is 0 Å². The molecule has 10 atom stereocenters. The van der Waals surface area contributed by atoms with Crippen LogP contribution >= 0.6 is 0 Å². The molecule has 0 radical (unpaired) electrons. The SMILES string of the molecule is C=CCO[C@@H]1[C@H](OC(C)=O)[C@@H](O[C@H]2[C@H](OCc3ccccc3)[C@@H](C)O[C@H](O)[C@H]2OCc2ccccc2)O[C@H](C)[C@H]1OCc1ccccc1. The number of carbonyl (C=O) groups is 1. The van der Waals surface area contributed by atoms with Crippen molar-refractivity contribution < 1.29 is 47.8 Å². The summed E-state index contributed by atoms with van der Waals surface area (Å²) < 4.78 is 50.3. The third-order valence-electron chi connectivity index (χ3n) is 8.33. The Labute approximate surface area is 282 Å². The quantitative estimate of drug-likeness (QED) is 0.174. The van der Waals surface area contributed by atoms with E-state index in [2.05, 4.69) is 6.58 Å². The largest absolute Gasteiger partial charge is 0.454 e. The minimum absolute atomic E-state index is 0.172. The molecule has 10 nitrogen and oxygen atoms in total. The number of rotatable bonds is 15. The van der Waals surface area contributed by atoms with Crippen molar-refractivity contribution in [2.75, 3.05) is 6.61 Å². The van der Waals surface area contributed by atoms with Crippen LogP contribution in [0.15, 0.2) is 104 Å². The highest BCUT2D eigenvalue weighted by Crippen LogP contribution is 2.35. The molecule has 0 aromatic heterocycles. The molecule has 5 rings (SSSR count). The molecule has 0 saturated carbocycles. The predicted octanol–water partition coefficient (Wildman–Crippen LogP) is 5.11. The molecule has 2 aliphatic rings. The fourth-order valence-corrected chi connectivity index (χ4v) is 6.01. The number of aliphatic hydroxyl groups is 1. The first-order chi connectivity index (χ1) is 23.3. The van der Waals surface area contributed by atoms with E-state index in [1.165, 1.54) is 6.92 Å². The Hall–Kier alpha value is -3.45. The maximum absolute atomic E-state index is 12.5. The van der Waals surface area contributed by atoms with Gasteiger partial charge in [0.15, 0.2) is 18.7 Å². The van der Waals surface area contributed by atoms with Crippen molar-refractivity contribution >= 4 is 5.97 Å². The molecule has 3 aromatic carbocycles. The minimum atomic E-state index is -1.34. The summed E-state index contributed by atoms with van der Waals surface area (Å²) in [4.78, 5) is 12.5. The zero-order chi connectivity index (χ0) is 33.9. The van der Waals surface area contributed by atoms with E-state index in [0.29, 0.717) is 6.61 Å². The van der Waals surface area contributed by atoms with Crippen LogP contribution in [0.2, 0.25) is 0 Å². The molecule has 258 valence electrons. The van der Waals surface area contributed by atoms with E-state index in [-0.39, 0.29) is 19.8 Å². The number of hydrogen-bond donors (Lipinski definition) is 1. The van der Waals surface area contributed by atoms with Crippen LogP contribution in [-0.4, -0.2) is 79.1 Å². The van der Waals surface area contributed by atoms with Crippen LogP contribution in [-0.2, 0) is 62.5 Å². The average Bonchev–Trinajstić information content (AvgIpc) is 3.09. The topological polar surface area (TPSA) is 111 Å². The highest BCUT2D eigenvalue weighted by atomic mass is 16.7. The van der Waals surface area contributed by atoms with Gasteiger partial charge in [0.2, 0.25) is 0 Å². The van der Waals surface area contributed by atoms with Crippen molar-refractivity contribution in [3.05, 3.63) is 120 Å². The highest BCUT2D eigenvalue weighted by molar-refractivity contribution is 5.66. The van der Waals surface area contributed by atoms with E-state index in [9.17, 15) is 9.90 Å². The number of esters is 1. The van der Waals surface area contributed by atoms with Crippen LogP contribution in [0.5, 0.6) is 0 Å². The summed E-state index contributed by atoms with van der Waals surface area (Å²) in [5.41, 5.74) is 2.82. The Morgan fingerprint density at radius 2 is 1.12 bits per heavy atom. The number of carbonyl (C=O) groups excluding carboxylic acids is 1. The van der Waals surface area contributed by atoms with Crippen LogP contribution in [0.25, 0.3) is 0 Å². The van der Waals surface area contributed by atoms with Gasteiger partial charge in [-0.15, -0.1) is 6.58 Å². The lowest BCUT2D eigenvalue weighted by atomic mass is 9.96. The van der Waals surface area contributed by atoms with Gasteiger partial charge in [-0.2, -0.15) is 0 Å². The second-order valence-corrected chi connectivity index (χ2v) is 12.0. The zero-order valence-corrected chi connectivity index (χ0v) is 27.7. The van der Waals surface area contributed by atoms with Gasteiger partial charge >= 0.3 is 5.97 Å². The third-order valence-corrected chi connectivity index (χ3v) is 8.33. The standard InChI is InChI=1S/C38H46O10/c1-5-21-41-33-31(42-22-28-15-9-6-10-16-28)26(3)46-38(36(33)47-27(4)39)48-34-32(43-23-29-17-11-7-12-18-29)25(2)45-37(40)35(34)44-24-30-19-13-8-14-20-30/h5-20,25-26,31-38,40H,1,21-24H2,2-4H3/t25-,26-,31-,32-,33+,34+,35+,36+,37+,38-/m1/s1. The van der Waals surface area contributed by atoms with Gasteiger partial charge in [-0.05, 0) is 30.5 Å². The summed E-state index contributed by atoms with van der Waals surface area (Å²) in [5.74, 6) is -0.546. The molecule has 2 heterocycles. The van der Waals surface area contributed by atoms with Crippen molar-refractivity contribution in [2.24, 2.45) is 0 Å². The average molecular weight is 663 g/mol. The van der Waals surface area contributed by atoms with Gasteiger partial charge in [0.05, 0.1) is 38.6 Å². The summed E-state index contributed by atoms with van der Waals surface area (Å²) in [6.45, 7) is 9.68. The van der Waals surface area contributed by atoms with Gasteiger partial charge in [0.25, 0.3) is 0 Å². The van der Waals surface area contributed by atoms with Crippen LogP contribution in [0.1, 0.15) is 37.5 Å². The highest BCUT2D eigenvalue weighted by Gasteiger charge is 2.53. The molecule has 0 unspecified atom stereocenters. The molecule has 2 aliphatic heterocycles. The Balaban J connectivity index is 1.43. The van der Waals surface area contributed by atoms with Gasteiger partial charge in [0, 0.05) is 6.92 Å². The molecule has 0 aliphatic carbocycles. The van der Waals surface area contributed by atoms with Gasteiger partial charge in [-0.1, -0.05) is 97.1 Å². The smallest absolute Gasteiger partial charge is 0.303 e. The van der Waals surface area contributed by atoms with Crippen molar-refractivity contribution in [3.63, 3.8) is 0 Å². The molecule has 1 N–H and O–H groups in total. The first-order valence-electron chi connectivity index (χ1n) is 16.3. The normalized spacial score (nSPS) is 30.4. The Morgan fingerprint density at radius 3 is 1.60 bits per heavy atom. The summed E-state index contributed by atoms with van der Waals surface area (Å²) in [6.07, 6.45) is -7.04. The Bertz CT molecular complexity index is 1330.